The maximum absolute atomic E-state index is 5.45. The average molecular weight is 252 g/mol. The zero-order valence-electron chi connectivity index (χ0n) is 10.1. The summed E-state index contributed by atoms with van der Waals surface area (Å²) in [5, 5.41) is 4.52. The highest BCUT2D eigenvalue weighted by atomic mass is 32.1. The molecule has 3 rings (SSSR count). The molecule has 3 heterocycles. The predicted molar refractivity (Wildman–Crippen MR) is 67.8 cm³/mol. The van der Waals surface area contributed by atoms with Crippen LogP contribution in [0.2, 0.25) is 0 Å². The van der Waals surface area contributed by atoms with Crippen LogP contribution < -0.4 is 0 Å². The second-order valence-electron chi connectivity index (χ2n) is 4.42. The summed E-state index contributed by atoms with van der Waals surface area (Å²) in [4.78, 5) is 3.27. The topological polar surface area (TPSA) is 47.8 Å². The molecule has 0 aliphatic carbocycles. The quantitative estimate of drug-likeness (QED) is 0.833. The molecule has 92 valence electrons. The lowest BCUT2D eigenvalue weighted by Gasteiger charge is -2.11. The van der Waals surface area contributed by atoms with Gasteiger partial charge in [-0.3, -0.25) is 4.57 Å². The fraction of sp³-hybridized carbons (Fsp3) is 0.636. The number of imidazole rings is 1. The molecule has 0 saturated carbocycles. The lowest BCUT2D eigenvalue weighted by molar-refractivity contribution is 0.186. The van der Waals surface area contributed by atoms with Crippen LogP contribution in [0.5, 0.6) is 0 Å². The Hall–Kier alpha value is -1.14. The number of hydrogen-bond donors (Lipinski definition) is 1. The smallest absolute Gasteiger partial charge is 0.179 e. The maximum Gasteiger partial charge on any atom is 0.179 e. The standard InChI is InChI=1S/C11H16N4OS/c1-3-14-10-9(7(2)13-14)12-11(17)15(10)8-4-5-16-6-8/h8H,3-6H2,1-2H3,(H,12,17). The highest BCUT2D eigenvalue weighted by Crippen LogP contribution is 2.26. The van der Waals surface area contributed by atoms with Gasteiger partial charge in [-0.1, -0.05) is 0 Å². The highest BCUT2D eigenvalue weighted by Gasteiger charge is 2.23. The first kappa shape index (κ1) is 11.0. The van der Waals surface area contributed by atoms with Crippen molar-refractivity contribution in [2.24, 2.45) is 0 Å². The van der Waals surface area contributed by atoms with E-state index in [1.165, 1.54) is 0 Å². The van der Waals surface area contributed by atoms with Crippen molar-refractivity contribution in [3.8, 4) is 0 Å². The Bertz CT molecular complexity index is 603. The second-order valence-corrected chi connectivity index (χ2v) is 4.80. The van der Waals surface area contributed by atoms with Crippen LogP contribution in [0, 0.1) is 11.7 Å². The normalized spacial score (nSPS) is 20.5. The molecule has 1 aliphatic heterocycles. The van der Waals surface area contributed by atoms with E-state index in [1.54, 1.807) is 0 Å². The largest absolute Gasteiger partial charge is 0.379 e. The van der Waals surface area contributed by atoms with Gasteiger partial charge in [0.15, 0.2) is 10.4 Å². The van der Waals surface area contributed by atoms with Gasteiger partial charge < -0.3 is 9.72 Å². The molecule has 1 unspecified atom stereocenters. The van der Waals surface area contributed by atoms with Gasteiger partial charge in [-0.2, -0.15) is 5.10 Å². The fourth-order valence-corrected chi connectivity index (χ4v) is 2.85. The zero-order valence-corrected chi connectivity index (χ0v) is 10.9. The van der Waals surface area contributed by atoms with Crippen LogP contribution >= 0.6 is 12.2 Å². The second kappa shape index (κ2) is 3.96. The summed E-state index contributed by atoms with van der Waals surface area (Å²) in [7, 11) is 0. The molecule has 0 aromatic carbocycles. The van der Waals surface area contributed by atoms with Crippen LogP contribution in [-0.4, -0.2) is 32.5 Å². The van der Waals surface area contributed by atoms with E-state index in [0.717, 1.165) is 47.8 Å². The van der Waals surface area contributed by atoms with E-state index >= 15 is 0 Å². The predicted octanol–water partition coefficient (Wildman–Crippen LogP) is 2.19. The molecule has 6 heteroatoms. The number of rotatable bonds is 2. The summed E-state index contributed by atoms with van der Waals surface area (Å²) in [5.74, 6) is 0. The minimum atomic E-state index is 0.345. The molecule has 1 fully saturated rings. The minimum absolute atomic E-state index is 0.345. The molecule has 5 nitrogen and oxygen atoms in total. The molecule has 2 aromatic rings. The summed E-state index contributed by atoms with van der Waals surface area (Å²) in [5.41, 5.74) is 3.17. The monoisotopic (exact) mass is 252 g/mol. The van der Waals surface area contributed by atoms with Crippen molar-refractivity contribution in [3.05, 3.63) is 10.5 Å². The zero-order chi connectivity index (χ0) is 12.0. The molecule has 1 saturated heterocycles. The summed E-state index contributed by atoms with van der Waals surface area (Å²) in [6.45, 7) is 6.52. The van der Waals surface area contributed by atoms with Gasteiger partial charge in [0.25, 0.3) is 0 Å². The SMILES string of the molecule is CCn1nc(C)c2[nH]c(=S)n(C3CCOC3)c21. The van der Waals surface area contributed by atoms with E-state index in [9.17, 15) is 0 Å². The number of nitrogens with one attached hydrogen (secondary N) is 1. The number of hydrogen-bond acceptors (Lipinski definition) is 3. The number of ether oxygens (including phenoxy) is 1. The maximum atomic E-state index is 5.45. The van der Waals surface area contributed by atoms with E-state index in [4.69, 9.17) is 17.0 Å². The van der Waals surface area contributed by atoms with Crippen molar-refractivity contribution in [1.29, 1.82) is 0 Å². The Balaban J connectivity index is 2.28. The Labute approximate surface area is 104 Å². The van der Waals surface area contributed by atoms with Gasteiger partial charge in [0.05, 0.1) is 18.3 Å². The summed E-state index contributed by atoms with van der Waals surface area (Å²) < 4.78 is 10.4. The van der Waals surface area contributed by atoms with Gasteiger partial charge in [-0.15, -0.1) is 0 Å². The van der Waals surface area contributed by atoms with Gasteiger partial charge >= 0.3 is 0 Å². The van der Waals surface area contributed by atoms with Crippen LogP contribution in [0.3, 0.4) is 0 Å². The molecule has 1 aliphatic rings. The summed E-state index contributed by atoms with van der Waals surface area (Å²) in [6, 6.07) is 0.345. The Kier molecular flexibility index (Phi) is 2.56. The van der Waals surface area contributed by atoms with Crippen LogP contribution in [0.1, 0.15) is 25.1 Å². The first-order chi connectivity index (χ1) is 8.22. The highest BCUT2D eigenvalue weighted by molar-refractivity contribution is 7.71. The van der Waals surface area contributed by atoms with Gasteiger partial charge in [0.2, 0.25) is 0 Å². The van der Waals surface area contributed by atoms with Crippen molar-refractivity contribution in [3.63, 3.8) is 0 Å². The Morgan fingerprint density at radius 1 is 1.59 bits per heavy atom. The lowest BCUT2D eigenvalue weighted by atomic mass is 10.2. The van der Waals surface area contributed by atoms with Gasteiger partial charge in [0, 0.05) is 13.2 Å². The molecule has 0 spiro atoms. The fourth-order valence-electron chi connectivity index (χ4n) is 2.51. The van der Waals surface area contributed by atoms with E-state index < -0.39 is 0 Å². The molecule has 0 amide bonds. The molecule has 0 bridgehead atoms. The van der Waals surface area contributed by atoms with Gasteiger partial charge in [0.1, 0.15) is 5.52 Å². The number of fused-ring (bicyclic) bond motifs is 1. The van der Waals surface area contributed by atoms with E-state index in [1.807, 2.05) is 11.6 Å². The molecule has 2 aromatic heterocycles. The molecular weight excluding hydrogens is 236 g/mol. The third kappa shape index (κ3) is 1.55. The number of H-pyrrole nitrogens is 1. The van der Waals surface area contributed by atoms with Gasteiger partial charge in [-0.05, 0) is 32.5 Å². The summed E-state index contributed by atoms with van der Waals surface area (Å²) >= 11 is 5.42. The van der Waals surface area contributed by atoms with Crippen molar-refractivity contribution in [2.75, 3.05) is 13.2 Å². The number of aryl methyl sites for hydroxylation is 2. The molecule has 17 heavy (non-hydrogen) atoms. The molecule has 0 radical (unpaired) electrons. The Morgan fingerprint density at radius 2 is 2.41 bits per heavy atom. The van der Waals surface area contributed by atoms with Crippen molar-refractivity contribution >= 4 is 23.4 Å². The summed E-state index contributed by atoms with van der Waals surface area (Å²) in [6.07, 6.45) is 1.02. The van der Waals surface area contributed by atoms with Crippen molar-refractivity contribution in [2.45, 2.75) is 32.9 Å². The van der Waals surface area contributed by atoms with Crippen LogP contribution in [0.15, 0.2) is 0 Å². The Morgan fingerprint density at radius 3 is 3.06 bits per heavy atom. The first-order valence-electron chi connectivity index (χ1n) is 5.97. The average Bonchev–Trinajstić information content (AvgIpc) is 2.97. The van der Waals surface area contributed by atoms with E-state index in [2.05, 4.69) is 21.6 Å². The van der Waals surface area contributed by atoms with Crippen LogP contribution in [0.4, 0.5) is 0 Å². The number of aromatic nitrogens is 4. The van der Waals surface area contributed by atoms with Crippen LogP contribution in [-0.2, 0) is 11.3 Å². The van der Waals surface area contributed by atoms with Crippen molar-refractivity contribution < 1.29 is 4.74 Å². The number of nitrogens with zero attached hydrogens (tertiary/aromatic N) is 3. The first-order valence-corrected chi connectivity index (χ1v) is 6.38. The van der Waals surface area contributed by atoms with Gasteiger partial charge in [-0.25, -0.2) is 4.68 Å². The molecule has 1 atom stereocenters. The van der Waals surface area contributed by atoms with E-state index in [0.29, 0.717) is 6.04 Å². The third-order valence-corrected chi connectivity index (χ3v) is 3.65. The van der Waals surface area contributed by atoms with E-state index in [-0.39, 0.29) is 0 Å². The molecular formula is C11H16N4OS. The number of aromatic amines is 1. The molecule has 1 N–H and O–H groups in total. The third-order valence-electron chi connectivity index (χ3n) is 3.35. The van der Waals surface area contributed by atoms with Crippen LogP contribution in [0.25, 0.3) is 11.2 Å². The minimum Gasteiger partial charge on any atom is -0.379 e. The van der Waals surface area contributed by atoms with Crippen molar-refractivity contribution in [1.82, 2.24) is 19.3 Å². The lowest BCUT2D eigenvalue weighted by Crippen LogP contribution is -2.12.